The molecule has 0 rings (SSSR count). The van der Waals surface area contributed by atoms with Gasteiger partial charge in [-0.1, -0.05) is 75.8 Å². The number of hydrogen-bond donors (Lipinski definition) is 0. The summed E-state index contributed by atoms with van der Waals surface area (Å²) in [5.74, 6) is 0. The van der Waals surface area contributed by atoms with Crippen LogP contribution in [0.1, 0.15) is 62.3 Å². The van der Waals surface area contributed by atoms with Crippen molar-refractivity contribution in [3.05, 3.63) is 0 Å². The molecule has 0 saturated heterocycles. The molecule has 0 N–H and O–H groups in total. The molecule has 0 radical (unpaired) electrons. The highest BCUT2D eigenvalue weighted by Crippen LogP contribution is 2.42. The van der Waals surface area contributed by atoms with Gasteiger partial charge in [0.15, 0.2) is 0 Å². The smallest absolute Gasteiger partial charge is 0.127 e. The predicted molar refractivity (Wildman–Crippen MR) is 98.6 cm³/mol. The third-order valence-corrected chi connectivity index (χ3v) is 12.5. The lowest BCUT2D eigenvalue weighted by atomic mass is 10.0. The minimum Gasteiger partial charge on any atom is -0.127 e. The third kappa shape index (κ3) is 5.65. The molecule has 0 amide bonds. The van der Waals surface area contributed by atoms with Gasteiger partial charge in [0, 0.05) is 0 Å². The summed E-state index contributed by atoms with van der Waals surface area (Å²) in [7, 11) is 0.711. The van der Waals surface area contributed by atoms with Crippen LogP contribution >= 0.6 is 7.80 Å². The van der Waals surface area contributed by atoms with E-state index in [9.17, 15) is 0 Å². The minimum absolute atomic E-state index is 0.134. The second-order valence-corrected chi connectivity index (χ2v) is 15.6. The second kappa shape index (κ2) is 7.33. The van der Waals surface area contributed by atoms with E-state index in [-0.39, 0.29) is 7.80 Å². The molecule has 0 aromatic carbocycles. The van der Waals surface area contributed by atoms with Crippen LogP contribution in [0.5, 0.6) is 0 Å². The summed E-state index contributed by atoms with van der Waals surface area (Å²) >= 11 is 0. The van der Waals surface area contributed by atoms with Gasteiger partial charge in [0.25, 0.3) is 0 Å². The first kappa shape index (κ1) is 19.3. The lowest BCUT2D eigenvalue weighted by molar-refractivity contribution is 0.479. The van der Waals surface area contributed by atoms with Crippen LogP contribution in [0.3, 0.4) is 0 Å². The Morgan fingerprint density at radius 1 is 0.947 bits per heavy atom. The Morgan fingerprint density at radius 3 is 1.58 bits per heavy atom. The largest absolute Gasteiger partial charge is 0.150 e. The summed E-state index contributed by atoms with van der Waals surface area (Å²) < 4.78 is 0. The molecule has 0 spiro atoms. The lowest BCUT2D eigenvalue weighted by Crippen LogP contribution is -2.43. The summed E-state index contributed by atoms with van der Waals surface area (Å²) in [5, 5.41) is 0. The van der Waals surface area contributed by atoms with Gasteiger partial charge in [0.05, 0.1) is 0 Å². The van der Waals surface area contributed by atoms with Crippen molar-refractivity contribution in [1.29, 1.82) is 0 Å². The first-order valence-corrected chi connectivity index (χ1v) is 11.9. The molecular formula is C16H34BPSi. The molecule has 1 atom stereocenters. The van der Waals surface area contributed by atoms with E-state index in [0.717, 1.165) is 16.6 Å². The molecular weight excluding hydrogens is 262 g/mol. The molecule has 0 bridgehead atoms. The zero-order valence-corrected chi connectivity index (χ0v) is 16.8. The van der Waals surface area contributed by atoms with Crippen LogP contribution in [0.15, 0.2) is 0 Å². The van der Waals surface area contributed by atoms with Crippen LogP contribution in [0.25, 0.3) is 0 Å². The van der Waals surface area contributed by atoms with Crippen molar-refractivity contribution in [2.24, 2.45) is 5.41 Å². The molecule has 0 aliphatic rings. The Balaban J connectivity index is 5.26. The van der Waals surface area contributed by atoms with Gasteiger partial charge in [-0.25, -0.2) is 0 Å². The maximum atomic E-state index is 3.87. The average Bonchev–Trinajstić information content (AvgIpc) is 2.13. The molecule has 0 aromatic rings. The van der Waals surface area contributed by atoms with E-state index in [2.05, 4.69) is 81.1 Å². The summed E-state index contributed by atoms with van der Waals surface area (Å²) in [6.07, 6.45) is 1.26. The molecule has 19 heavy (non-hydrogen) atoms. The van der Waals surface area contributed by atoms with Gasteiger partial charge < -0.3 is 0 Å². The molecule has 0 fully saturated rings. The third-order valence-electron chi connectivity index (χ3n) is 4.04. The van der Waals surface area contributed by atoms with E-state index in [1.807, 2.05) is 0 Å². The van der Waals surface area contributed by atoms with Gasteiger partial charge in [-0.05, 0) is 28.2 Å². The van der Waals surface area contributed by atoms with E-state index >= 15 is 0 Å². The first-order valence-electron chi connectivity index (χ1n) is 7.67. The van der Waals surface area contributed by atoms with Gasteiger partial charge in [-0.3, -0.25) is 0 Å². The van der Waals surface area contributed by atoms with Crippen molar-refractivity contribution in [1.82, 2.24) is 0 Å². The van der Waals surface area contributed by atoms with E-state index in [4.69, 9.17) is 0 Å². The van der Waals surface area contributed by atoms with Crippen molar-refractivity contribution in [3.63, 3.8) is 0 Å². The zero-order chi connectivity index (χ0) is 15.4. The molecule has 0 aliphatic carbocycles. The molecule has 110 valence electrons. The van der Waals surface area contributed by atoms with Gasteiger partial charge in [-0.15, -0.1) is 5.54 Å². The van der Waals surface area contributed by atoms with Gasteiger partial charge >= 0.3 is 0 Å². The SMILES string of the molecule is BP(C#C[Si](C(C)C)(C(C)C)C(C)C)CC(C)(C)C. The Kier molecular flexibility index (Phi) is 7.43. The van der Waals surface area contributed by atoms with E-state index in [1.54, 1.807) is 0 Å². The van der Waals surface area contributed by atoms with Crippen LogP contribution in [0, 0.1) is 16.6 Å². The van der Waals surface area contributed by atoms with Crippen molar-refractivity contribution in [2.45, 2.75) is 78.9 Å². The predicted octanol–water partition coefficient (Wildman–Crippen LogP) is 5.24. The van der Waals surface area contributed by atoms with Crippen molar-refractivity contribution < 1.29 is 0 Å². The molecule has 0 aliphatic heterocycles. The average molecular weight is 296 g/mol. The van der Waals surface area contributed by atoms with Crippen molar-refractivity contribution in [3.8, 4) is 11.2 Å². The first-order chi connectivity index (χ1) is 8.43. The van der Waals surface area contributed by atoms with Gasteiger partial charge in [-0.2, -0.15) is 0 Å². The van der Waals surface area contributed by atoms with Gasteiger partial charge in [0.1, 0.15) is 15.6 Å². The Hall–Kier alpha value is 0.272. The lowest BCUT2D eigenvalue weighted by Gasteiger charge is -2.38. The minimum atomic E-state index is -1.51. The van der Waals surface area contributed by atoms with E-state index in [0.29, 0.717) is 5.41 Å². The molecule has 0 nitrogen and oxygen atoms in total. The molecule has 0 aromatic heterocycles. The van der Waals surface area contributed by atoms with Crippen LogP contribution in [0.4, 0.5) is 0 Å². The Bertz CT molecular complexity index is 309. The van der Waals surface area contributed by atoms with Crippen LogP contribution in [-0.2, 0) is 0 Å². The number of rotatable bonds is 4. The molecule has 0 heterocycles. The standard InChI is InChI=1S/C16H34BPSi/c1-13(2)19(14(3)4,15(5)6)11-10-18(17)12-16(7,8)9/h13-15H,12,17H2,1-9H3. The fourth-order valence-corrected chi connectivity index (χ4v) is 11.3. The second-order valence-electron chi connectivity index (χ2n) is 8.05. The zero-order valence-electron chi connectivity index (χ0n) is 14.9. The summed E-state index contributed by atoms with van der Waals surface area (Å²) in [5.41, 5.74) is 10.2. The molecule has 1 unspecified atom stereocenters. The Morgan fingerprint density at radius 2 is 1.32 bits per heavy atom. The van der Waals surface area contributed by atoms with E-state index < -0.39 is 8.07 Å². The normalized spacial score (nSPS) is 14.7. The topological polar surface area (TPSA) is 0 Å². The summed E-state index contributed by atoms with van der Waals surface area (Å²) in [6, 6.07) is 0. The van der Waals surface area contributed by atoms with Crippen LogP contribution in [-0.4, -0.2) is 21.8 Å². The maximum absolute atomic E-state index is 3.87. The molecule has 0 saturated carbocycles. The quantitative estimate of drug-likeness (QED) is 0.378. The summed E-state index contributed by atoms with van der Waals surface area (Å²) in [6.45, 7) is 21.3. The monoisotopic (exact) mass is 296 g/mol. The molecule has 3 heteroatoms. The van der Waals surface area contributed by atoms with Crippen molar-refractivity contribution >= 4 is 23.4 Å². The summed E-state index contributed by atoms with van der Waals surface area (Å²) in [4.78, 5) is 0. The maximum Gasteiger partial charge on any atom is 0.150 e. The highest BCUT2D eigenvalue weighted by molar-refractivity contribution is 7.86. The fourth-order valence-electron chi connectivity index (χ4n) is 3.38. The fraction of sp³-hybridized carbons (Fsp3) is 0.875. The highest BCUT2D eigenvalue weighted by atomic mass is 31.1. The van der Waals surface area contributed by atoms with Crippen LogP contribution in [0.2, 0.25) is 16.6 Å². The number of hydrogen-bond acceptors (Lipinski definition) is 0. The van der Waals surface area contributed by atoms with E-state index in [1.165, 1.54) is 6.16 Å². The van der Waals surface area contributed by atoms with Crippen LogP contribution < -0.4 is 0 Å². The Labute approximate surface area is 125 Å². The van der Waals surface area contributed by atoms with Crippen molar-refractivity contribution in [2.75, 3.05) is 6.16 Å². The van der Waals surface area contributed by atoms with Gasteiger partial charge in [0.2, 0.25) is 0 Å². The highest BCUT2D eigenvalue weighted by Gasteiger charge is 2.41.